The Morgan fingerprint density at radius 3 is 2.50 bits per heavy atom. The summed E-state index contributed by atoms with van der Waals surface area (Å²) in [6.45, 7) is 6.39. The smallest absolute Gasteiger partial charge is 0.251 e. The number of nitrogens with one attached hydrogen (secondary N) is 1. The van der Waals surface area contributed by atoms with Crippen LogP contribution in [0.25, 0.3) is 0 Å². The van der Waals surface area contributed by atoms with Crippen molar-refractivity contribution in [2.24, 2.45) is 5.41 Å². The number of halogens is 2. The number of hydrogen-bond donors (Lipinski definition) is 1. The SMILES string of the molecule is COc1ccc(C(=O)NC(CCBr)C(C)(C)C)cc1Br. The molecule has 0 saturated heterocycles. The van der Waals surface area contributed by atoms with Gasteiger partial charge in [-0.25, -0.2) is 0 Å². The lowest BCUT2D eigenvalue weighted by atomic mass is 9.85. The fraction of sp³-hybridized carbons (Fsp3) is 0.533. The van der Waals surface area contributed by atoms with Gasteiger partial charge in [0.2, 0.25) is 0 Å². The van der Waals surface area contributed by atoms with Gasteiger partial charge in [-0.1, -0.05) is 36.7 Å². The Morgan fingerprint density at radius 2 is 2.05 bits per heavy atom. The number of amides is 1. The van der Waals surface area contributed by atoms with Crippen molar-refractivity contribution in [3.8, 4) is 5.75 Å². The molecular formula is C15H21Br2NO2. The molecule has 0 spiro atoms. The number of alkyl halides is 1. The average molecular weight is 407 g/mol. The summed E-state index contributed by atoms with van der Waals surface area (Å²) < 4.78 is 5.95. The maximum absolute atomic E-state index is 12.3. The highest BCUT2D eigenvalue weighted by Gasteiger charge is 2.26. The zero-order valence-electron chi connectivity index (χ0n) is 12.3. The van der Waals surface area contributed by atoms with Crippen LogP contribution in [0.2, 0.25) is 0 Å². The molecule has 1 amide bonds. The van der Waals surface area contributed by atoms with E-state index in [0.29, 0.717) is 5.56 Å². The second-order valence-corrected chi connectivity index (χ2v) is 7.37. The number of hydrogen-bond acceptors (Lipinski definition) is 2. The van der Waals surface area contributed by atoms with Gasteiger partial charge in [-0.15, -0.1) is 0 Å². The van der Waals surface area contributed by atoms with Crippen LogP contribution in [0.5, 0.6) is 5.75 Å². The van der Waals surface area contributed by atoms with Crippen LogP contribution in [-0.4, -0.2) is 24.4 Å². The number of rotatable bonds is 5. The molecule has 0 fully saturated rings. The summed E-state index contributed by atoms with van der Waals surface area (Å²) in [5, 5.41) is 3.97. The summed E-state index contributed by atoms with van der Waals surface area (Å²) in [5.74, 6) is 0.656. The van der Waals surface area contributed by atoms with Crippen LogP contribution in [0, 0.1) is 5.41 Å². The molecule has 1 unspecified atom stereocenters. The number of carbonyl (C=O) groups excluding carboxylic acids is 1. The Bertz CT molecular complexity index is 469. The van der Waals surface area contributed by atoms with Gasteiger partial charge in [0.05, 0.1) is 11.6 Å². The van der Waals surface area contributed by atoms with E-state index in [1.165, 1.54) is 0 Å². The minimum Gasteiger partial charge on any atom is -0.496 e. The van der Waals surface area contributed by atoms with E-state index in [1.54, 1.807) is 25.3 Å². The Labute approximate surface area is 137 Å². The van der Waals surface area contributed by atoms with Crippen molar-refractivity contribution in [1.29, 1.82) is 0 Å². The summed E-state index contributed by atoms with van der Waals surface area (Å²) in [6.07, 6.45) is 0.895. The van der Waals surface area contributed by atoms with E-state index >= 15 is 0 Å². The van der Waals surface area contributed by atoms with E-state index in [0.717, 1.165) is 22.0 Å². The standard InChI is InChI=1S/C15H21Br2NO2/c1-15(2,3)13(7-8-16)18-14(19)10-5-6-12(20-4)11(17)9-10/h5-6,9,13H,7-8H2,1-4H3,(H,18,19). The second kappa shape index (κ2) is 7.46. The summed E-state index contributed by atoms with van der Waals surface area (Å²) in [4.78, 5) is 12.3. The monoisotopic (exact) mass is 405 g/mol. The molecule has 1 atom stereocenters. The van der Waals surface area contributed by atoms with Gasteiger partial charge in [0.1, 0.15) is 5.75 Å². The van der Waals surface area contributed by atoms with Crippen LogP contribution in [0.4, 0.5) is 0 Å². The zero-order chi connectivity index (χ0) is 15.3. The van der Waals surface area contributed by atoms with Crippen molar-refractivity contribution in [3.05, 3.63) is 28.2 Å². The first kappa shape index (κ1) is 17.5. The number of carbonyl (C=O) groups is 1. The van der Waals surface area contributed by atoms with Gasteiger partial charge in [0.15, 0.2) is 0 Å². The summed E-state index contributed by atoms with van der Waals surface area (Å²) >= 11 is 6.84. The van der Waals surface area contributed by atoms with Gasteiger partial charge in [0, 0.05) is 16.9 Å². The summed E-state index contributed by atoms with van der Waals surface area (Å²) in [5.41, 5.74) is 0.647. The maximum Gasteiger partial charge on any atom is 0.251 e. The number of methoxy groups -OCH3 is 1. The molecule has 0 aromatic heterocycles. The van der Waals surface area contributed by atoms with Crippen LogP contribution in [-0.2, 0) is 0 Å². The molecule has 0 saturated carbocycles. The Kier molecular flexibility index (Phi) is 6.52. The Hall–Kier alpha value is -0.550. The molecule has 0 radical (unpaired) electrons. The lowest BCUT2D eigenvalue weighted by Gasteiger charge is -2.31. The maximum atomic E-state index is 12.3. The van der Waals surface area contributed by atoms with Gasteiger partial charge in [-0.2, -0.15) is 0 Å². The molecule has 1 aromatic carbocycles. The molecule has 0 heterocycles. The van der Waals surface area contributed by atoms with Crippen LogP contribution in [0.3, 0.4) is 0 Å². The normalized spacial score (nSPS) is 12.9. The number of benzene rings is 1. The third kappa shape index (κ3) is 4.77. The summed E-state index contributed by atoms with van der Waals surface area (Å²) in [7, 11) is 1.60. The lowest BCUT2D eigenvalue weighted by molar-refractivity contribution is 0.0900. The quantitative estimate of drug-likeness (QED) is 0.736. The van der Waals surface area contributed by atoms with E-state index in [2.05, 4.69) is 57.9 Å². The molecule has 0 bridgehead atoms. The predicted molar refractivity (Wildman–Crippen MR) is 89.8 cm³/mol. The van der Waals surface area contributed by atoms with Gasteiger partial charge >= 0.3 is 0 Å². The minimum absolute atomic E-state index is 0.0210. The first-order valence-corrected chi connectivity index (χ1v) is 8.41. The molecular weight excluding hydrogens is 386 g/mol. The molecule has 0 aliphatic carbocycles. The van der Waals surface area contributed by atoms with E-state index in [1.807, 2.05) is 0 Å². The highest BCUT2D eigenvalue weighted by molar-refractivity contribution is 9.10. The summed E-state index contributed by atoms with van der Waals surface area (Å²) in [6, 6.07) is 5.46. The fourth-order valence-corrected chi connectivity index (χ4v) is 2.88. The van der Waals surface area contributed by atoms with E-state index < -0.39 is 0 Å². The third-order valence-electron chi connectivity index (χ3n) is 3.16. The molecule has 0 aliphatic heterocycles. The van der Waals surface area contributed by atoms with Crippen molar-refractivity contribution in [3.63, 3.8) is 0 Å². The third-order valence-corrected chi connectivity index (χ3v) is 4.24. The van der Waals surface area contributed by atoms with Crippen molar-refractivity contribution in [2.45, 2.75) is 33.2 Å². The largest absolute Gasteiger partial charge is 0.496 e. The van der Waals surface area contributed by atoms with E-state index in [-0.39, 0.29) is 17.4 Å². The van der Waals surface area contributed by atoms with Gasteiger partial charge in [0.25, 0.3) is 5.91 Å². The molecule has 3 nitrogen and oxygen atoms in total. The first-order chi connectivity index (χ1) is 9.29. The van der Waals surface area contributed by atoms with Crippen LogP contribution >= 0.6 is 31.9 Å². The van der Waals surface area contributed by atoms with E-state index in [9.17, 15) is 4.79 Å². The fourth-order valence-electron chi connectivity index (χ4n) is 1.88. The average Bonchev–Trinajstić information content (AvgIpc) is 2.36. The minimum atomic E-state index is -0.0609. The van der Waals surface area contributed by atoms with Gasteiger partial charge < -0.3 is 10.1 Å². The van der Waals surface area contributed by atoms with Gasteiger partial charge in [-0.3, -0.25) is 4.79 Å². The second-order valence-electron chi connectivity index (χ2n) is 5.72. The molecule has 1 N–H and O–H groups in total. The Morgan fingerprint density at radius 1 is 1.40 bits per heavy atom. The molecule has 20 heavy (non-hydrogen) atoms. The first-order valence-electron chi connectivity index (χ1n) is 6.50. The van der Waals surface area contributed by atoms with Crippen molar-refractivity contribution < 1.29 is 9.53 Å². The lowest BCUT2D eigenvalue weighted by Crippen LogP contribution is -2.44. The van der Waals surface area contributed by atoms with Crippen molar-refractivity contribution in [2.75, 3.05) is 12.4 Å². The van der Waals surface area contributed by atoms with Gasteiger partial charge in [-0.05, 0) is 46.0 Å². The van der Waals surface area contributed by atoms with Crippen LogP contribution in [0.1, 0.15) is 37.6 Å². The number of ether oxygens (including phenoxy) is 1. The van der Waals surface area contributed by atoms with Crippen LogP contribution in [0.15, 0.2) is 22.7 Å². The molecule has 0 aliphatic rings. The van der Waals surface area contributed by atoms with Crippen molar-refractivity contribution in [1.82, 2.24) is 5.32 Å². The molecule has 1 rings (SSSR count). The molecule has 112 valence electrons. The molecule has 5 heteroatoms. The highest BCUT2D eigenvalue weighted by Crippen LogP contribution is 2.26. The Balaban J connectivity index is 2.86. The van der Waals surface area contributed by atoms with Crippen molar-refractivity contribution >= 4 is 37.8 Å². The zero-order valence-corrected chi connectivity index (χ0v) is 15.5. The predicted octanol–water partition coefficient (Wildman–Crippen LogP) is 4.39. The van der Waals surface area contributed by atoms with Crippen LogP contribution < -0.4 is 10.1 Å². The molecule has 1 aromatic rings. The topological polar surface area (TPSA) is 38.3 Å². The highest BCUT2D eigenvalue weighted by atomic mass is 79.9. The van der Waals surface area contributed by atoms with E-state index in [4.69, 9.17) is 4.74 Å².